The monoisotopic (exact) mass is 386 g/mol. The summed E-state index contributed by atoms with van der Waals surface area (Å²) in [5.41, 5.74) is 0.731. The van der Waals surface area contributed by atoms with Crippen molar-refractivity contribution in [2.24, 2.45) is 5.92 Å². The van der Waals surface area contributed by atoms with E-state index in [9.17, 15) is 4.79 Å². The zero-order valence-electron chi connectivity index (χ0n) is 14.8. The normalized spacial score (nSPS) is 27.3. The lowest BCUT2D eigenvalue weighted by Gasteiger charge is -2.49. The van der Waals surface area contributed by atoms with E-state index in [1.54, 1.807) is 11.8 Å². The van der Waals surface area contributed by atoms with Gasteiger partial charge in [0.1, 0.15) is 0 Å². The summed E-state index contributed by atoms with van der Waals surface area (Å²) >= 11 is 7.59. The second-order valence-electron chi connectivity index (χ2n) is 7.19. The Hall–Kier alpha value is -1.49. The lowest BCUT2D eigenvalue weighted by molar-refractivity contribution is 0.0217. The van der Waals surface area contributed by atoms with E-state index in [0.717, 1.165) is 20.4 Å². The Kier molecular flexibility index (Phi) is 5.25. The number of nitrogens with zero attached hydrogens (tertiary/aromatic N) is 1. The molecule has 26 heavy (non-hydrogen) atoms. The molecule has 3 aliphatic heterocycles. The van der Waals surface area contributed by atoms with Crippen molar-refractivity contribution < 1.29 is 4.79 Å². The van der Waals surface area contributed by atoms with Crippen LogP contribution in [0.1, 0.15) is 30.1 Å². The van der Waals surface area contributed by atoms with Crippen LogP contribution in [0.25, 0.3) is 0 Å². The first-order valence-corrected chi connectivity index (χ1v) is 10.4. The number of benzene rings is 2. The van der Waals surface area contributed by atoms with Gasteiger partial charge in [0.25, 0.3) is 5.91 Å². The molecule has 2 aromatic carbocycles. The van der Waals surface area contributed by atoms with E-state index in [4.69, 9.17) is 11.6 Å². The molecule has 1 N–H and O–H groups in total. The van der Waals surface area contributed by atoms with E-state index in [1.165, 1.54) is 25.9 Å². The van der Waals surface area contributed by atoms with Gasteiger partial charge >= 0.3 is 0 Å². The van der Waals surface area contributed by atoms with Crippen molar-refractivity contribution in [3.8, 4) is 0 Å². The molecule has 0 radical (unpaired) electrons. The van der Waals surface area contributed by atoms with Gasteiger partial charge in [0.15, 0.2) is 0 Å². The van der Waals surface area contributed by atoms with Gasteiger partial charge in [0, 0.05) is 32.5 Å². The molecule has 0 aromatic heterocycles. The van der Waals surface area contributed by atoms with Gasteiger partial charge in [0.2, 0.25) is 0 Å². The fourth-order valence-electron chi connectivity index (χ4n) is 4.09. The Morgan fingerprint density at radius 1 is 1.04 bits per heavy atom. The predicted octanol–water partition coefficient (Wildman–Crippen LogP) is 4.70. The fraction of sp³-hybridized carbons (Fsp3) is 0.381. The van der Waals surface area contributed by atoms with Crippen LogP contribution in [0.5, 0.6) is 0 Å². The second-order valence-corrected chi connectivity index (χ2v) is 8.78. The smallest absolute Gasteiger partial charge is 0.251 e. The van der Waals surface area contributed by atoms with Crippen LogP contribution in [0.15, 0.2) is 58.3 Å². The molecule has 5 heteroatoms. The lowest BCUT2D eigenvalue weighted by atomic mass is 9.79. The largest absolute Gasteiger partial charge is 0.347 e. The molecule has 5 rings (SSSR count). The molecule has 136 valence electrons. The van der Waals surface area contributed by atoms with Gasteiger partial charge in [-0.15, -0.1) is 0 Å². The second kappa shape index (κ2) is 7.63. The minimum atomic E-state index is 0.0404. The first kappa shape index (κ1) is 17.9. The maximum Gasteiger partial charge on any atom is 0.251 e. The molecule has 0 saturated carbocycles. The van der Waals surface area contributed by atoms with Crippen molar-refractivity contribution in [3.05, 3.63) is 59.1 Å². The zero-order chi connectivity index (χ0) is 18.1. The number of fused-ring (bicyclic) bond motifs is 3. The van der Waals surface area contributed by atoms with Crippen LogP contribution in [0.4, 0.5) is 0 Å². The van der Waals surface area contributed by atoms with Gasteiger partial charge in [-0.1, -0.05) is 23.4 Å². The highest BCUT2D eigenvalue weighted by molar-refractivity contribution is 7.99. The predicted molar refractivity (Wildman–Crippen MR) is 107 cm³/mol. The molecule has 0 aliphatic carbocycles. The summed E-state index contributed by atoms with van der Waals surface area (Å²) in [5, 5.41) is 4.03. The molecule has 2 aromatic rings. The minimum absolute atomic E-state index is 0.0404. The highest BCUT2D eigenvalue weighted by Crippen LogP contribution is 2.32. The third kappa shape index (κ3) is 3.78. The first-order valence-electron chi connectivity index (χ1n) is 9.18. The SMILES string of the molecule is C[C@H]1[C@H](NC(=O)c2ccc(Sc3ccc(Cl)cc3)cc2)C2CCN1CC2. The van der Waals surface area contributed by atoms with Crippen LogP contribution in [0.3, 0.4) is 0 Å². The fourth-order valence-corrected chi connectivity index (χ4v) is 5.04. The molecular formula is C21H23ClN2OS. The van der Waals surface area contributed by atoms with Gasteiger partial charge in [-0.05, 0) is 87.3 Å². The third-order valence-electron chi connectivity index (χ3n) is 5.64. The number of amides is 1. The summed E-state index contributed by atoms with van der Waals surface area (Å²) in [6.07, 6.45) is 2.40. The van der Waals surface area contributed by atoms with E-state index in [0.29, 0.717) is 12.0 Å². The molecule has 3 nitrogen and oxygen atoms in total. The van der Waals surface area contributed by atoms with Crippen LogP contribution in [-0.4, -0.2) is 36.0 Å². The average molecular weight is 387 g/mol. The van der Waals surface area contributed by atoms with Crippen molar-refractivity contribution in [2.75, 3.05) is 13.1 Å². The van der Waals surface area contributed by atoms with Gasteiger partial charge in [-0.3, -0.25) is 9.69 Å². The van der Waals surface area contributed by atoms with Crippen LogP contribution >= 0.6 is 23.4 Å². The number of hydrogen-bond acceptors (Lipinski definition) is 3. The molecule has 1 amide bonds. The van der Waals surface area contributed by atoms with Crippen molar-refractivity contribution in [1.82, 2.24) is 10.2 Å². The summed E-state index contributed by atoms with van der Waals surface area (Å²) in [5.74, 6) is 0.664. The topological polar surface area (TPSA) is 32.3 Å². The molecule has 0 unspecified atom stereocenters. The molecule has 2 bridgehead atoms. The number of piperidine rings is 3. The quantitative estimate of drug-likeness (QED) is 0.826. The molecule has 0 spiro atoms. The Balaban J connectivity index is 1.40. The Labute approximate surface area is 164 Å². The average Bonchev–Trinajstić information content (AvgIpc) is 2.67. The Morgan fingerprint density at radius 3 is 2.19 bits per heavy atom. The summed E-state index contributed by atoms with van der Waals surface area (Å²) in [6.45, 7) is 4.59. The van der Waals surface area contributed by atoms with Gasteiger partial charge in [-0.2, -0.15) is 0 Å². The van der Waals surface area contributed by atoms with E-state index < -0.39 is 0 Å². The molecule has 3 aliphatic rings. The molecule has 3 saturated heterocycles. The van der Waals surface area contributed by atoms with Crippen LogP contribution in [0, 0.1) is 5.92 Å². The number of carbonyl (C=O) groups is 1. The van der Waals surface area contributed by atoms with Crippen molar-refractivity contribution in [3.63, 3.8) is 0 Å². The summed E-state index contributed by atoms with van der Waals surface area (Å²) in [6, 6.07) is 16.3. The van der Waals surface area contributed by atoms with Gasteiger partial charge in [0.05, 0.1) is 0 Å². The summed E-state index contributed by atoms with van der Waals surface area (Å²) in [4.78, 5) is 17.4. The van der Waals surface area contributed by atoms with Crippen LogP contribution in [0.2, 0.25) is 5.02 Å². The lowest BCUT2D eigenvalue weighted by Crippen LogP contribution is -2.62. The van der Waals surface area contributed by atoms with Gasteiger partial charge in [-0.25, -0.2) is 0 Å². The van der Waals surface area contributed by atoms with Crippen molar-refractivity contribution in [2.45, 2.75) is 41.6 Å². The van der Waals surface area contributed by atoms with E-state index in [1.807, 2.05) is 48.5 Å². The first-order chi connectivity index (χ1) is 12.6. The Bertz CT molecular complexity index is 768. The van der Waals surface area contributed by atoms with Gasteiger partial charge < -0.3 is 5.32 Å². The zero-order valence-corrected chi connectivity index (χ0v) is 16.4. The number of halogens is 1. The summed E-state index contributed by atoms with van der Waals surface area (Å²) in [7, 11) is 0. The number of nitrogens with one attached hydrogen (secondary N) is 1. The standard InChI is InChI=1S/C21H23ClN2OS/c1-14-20(15-10-12-24(14)13-11-15)23-21(25)16-2-6-18(7-3-16)26-19-8-4-17(22)5-9-19/h2-9,14-15,20H,10-13H2,1H3,(H,23,25)/t14-,20-/m0/s1. The third-order valence-corrected chi connectivity index (χ3v) is 6.91. The maximum absolute atomic E-state index is 12.7. The highest BCUT2D eigenvalue weighted by atomic mass is 35.5. The van der Waals surface area contributed by atoms with Crippen LogP contribution in [-0.2, 0) is 0 Å². The van der Waals surface area contributed by atoms with Crippen molar-refractivity contribution >= 4 is 29.3 Å². The number of hydrogen-bond donors (Lipinski definition) is 1. The molecule has 3 heterocycles. The Morgan fingerprint density at radius 2 is 1.62 bits per heavy atom. The number of carbonyl (C=O) groups excluding carboxylic acids is 1. The molecule has 2 atom stereocenters. The summed E-state index contributed by atoms with van der Waals surface area (Å²) < 4.78 is 0. The molecule has 3 fully saturated rings. The highest BCUT2D eigenvalue weighted by Gasteiger charge is 2.40. The number of rotatable bonds is 4. The van der Waals surface area contributed by atoms with Crippen LogP contribution < -0.4 is 5.32 Å². The van der Waals surface area contributed by atoms with E-state index >= 15 is 0 Å². The maximum atomic E-state index is 12.7. The van der Waals surface area contributed by atoms with E-state index in [-0.39, 0.29) is 11.9 Å². The minimum Gasteiger partial charge on any atom is -0.347 e. The van der Waals surface area contributed by atoms with Crippen molar-refractivity contribution in [1.29, 1.82) is 0 Å². The van der Waals surface area contributed by atoms with E-state index in [2.05, 4.69) is 17.1 Å². The molecular weight excluding hydrogens is 364 g/mol.